The Hall–Kier alpha value is -1.95. The van der Waals surface area contributed by atoms with E-state index in [9.17, 15) is 19.1 Å². The fourth-order valence-electron chi connectivity index (χ4n) is 1.20. The Labute approximate surface area is 103 Å². The third-order valence-electron chi connectivity index (χ3n) is 2.23. The molecule has 5 nitrogen and oxygen atoms in total. The zero-order valence-corrected chi connectivity index (χ0v) is 9.97. The molecule has 1 atom stereocenters. The van der Waals surface area contributed by atoms with Gasteiger partial charge in [0.25, 0.3) is 0 Å². The van der Waals surface area contributed by atoms with Crippen LogP contribution < -0.4 is 4.74 Å². The molecule has 0 spiro atoms. The molecule has 0 radical (unpaired) electrons. The summed E-state index contributed by atoms with van der Waals surface area (Å²) in [6, 6.07) is 3.60. The molecule has 18 heavy (non-hydrogen) atoms. The van der Waals surface area contributed by atoms with Gasteiger partial charge in [-0.05, 0) is 25.1 Å². The number of hydrogen-bond donors (Lipinski definition) is 1. The van der Waals surface area contributed by atoms with Crippen molar-refractivity contribution in [1.82, 2.24) is 0 Å². The summed E-state index contributed by atoms with van der Waals surface area (Å²) in [5.74, 6) is -1.79. The first-order valence-electron chi connectivity index (χ1n) is 5.09. The molecule has 0 aliphatic heterocycles. The van der Waals surface area contributed by atoms with Crippen molar-refractivity contribution >= 4 is 12.3 Å². The molecular weight excluding hydrogens is 243 g/mol. The maximum atomic E-state index is 13.4. The van der Waals surface area contributed by atoms with E-state index in [0.717, 1.165) is 13.2 Å². The largest absolute Gasteiger partial charge is 0.487 e. The summed E-state index contributed by atoms with van der Waals surface area (Å²) in [6.45, 7) is 0.730. The van der Waals surface area contributed by atoms with Crippen molar-refractivity contribution < 1.29 is 28.6 Å². The number of esters is 1. The maximum Gasteiger partial charge on any atom is 0.341 e. The zero-order chi connectivity index (χ0) is 13.8. The molecule has 0 aliphatic carbocycles. The van der Waals surface area contributed by atoms with Crippen molar-refractivity contribution in [1.29, 1.82) is 0 Å². The van der Waals surface area contributed by atoms with Crippen LogP contribution in [0.4, 0.5) is 4.39 Å². The van der Waals surface area contributed by atoms with E-state index in [1.807, 2.05) is 0 Å². The third kappa shape index (κ3) is 3.27. The molecule has 0 aliphatic rings. The van der Waals surface area contributed by atoms with Crippen LogP contribution in [0.2, 0.25) is 0 Å². The summed E-state index contributed by atoms with van der Waals surface area (Å²) in [5.41, 5.74) is -1.70. The molecule has 0 amide bonds. The number of carbonyl (C=O) groups is 2. The Bertz CT molecular complexity index is 456. The molecule has 1 unspecified atom stereocenters. The second-order valence-electron chi connectivity index (χ2n) is 3.86. The van der Waals surface area contributed by atoms with Crippen LogP contribution in [0.15, 0.2) is 18.2 Å². The summed E-state index contributed by atoms with van der Waals surface area (Å²) in [4.78, 5) is 21.6. The van der Waals surface area contributed by atoms with Gasteiger partial charge in [-0.3, -0.25) is 4.79 Å². The van der Waals surface area contributed by atoms with Gasteiger partial charge >= 0.3 is 5.97 Å². The second kappa shape index (κ2) is 5.59. The lowest BCUT2D eigenvalue weighted by Crippen LogP contribution is -2.42. The van der Waals surface area contributed by atoms with E-state index in [2.05, 4.69) is 4.74 Å². The van der Waals surface area contributed by atoms with Gasteiger partial charge in [0.05, 0.1) is 7.11 Å². The molecule has 1 N–H and O–H groups in total. The van der Waals surface area contributed by atoms with Crippen LogP contribution in [-0.2, 0) is 9.53 Å². The number of aliphatic hydroxyl groups is 1. The minimum absolute atomic E-state index is 0.162. The summed E-state index contributed by atoms with van der Waals surface area (Å²) < 4.78 is 22.8. The number of rotatable bonds is 5. The molecule has 6 heteroatoms. The van der Waals surface area contributed by atoms with E-state index in [0.29, 0.717) is 6.29 Å². The van der Waals surface area contributed by atoms with E-state index in [1.165, 1.54) is 19.1 Å². The number of benzene rings is 1. The Morgan fingerprint density at radius 2 is 2.22 bits per heavy atom. The van der Waals surface area contributed by atoms with Gasteiger partial charge in [0.2, 0.25) is 0 Å². The van der Waals surface area contributed by atoms with Crippen LogP contribution in [0, 0.1) is 5.82 Å². The summed E-state index contributed by atoms with van der Waals surface area (Å²) in [6.07, 6.45) is 0.497. The van der Waals surface area contributed by atoms with Crippen molar-refractivity contribution in [3.8, 4) is 5.75 Å². The summed E-state index contributed by atoms with van der Waals surface area (Å²) in [7, 11) is 1.12. The fourth-order valence-corrected chi connectivity index (χ4v) is 1.20. The predicted octanol–water partition coefficient (Wildman–Crippen LogP) is 0.941. The lowest BCUT2D eigenvalue weighted by molar-refractivity contribution is -0.163. The Kier molecular flexibility index (Phi) is 4.38. The first-order valence-corrected chi connectivity index (χ1v) is 5.09. The molecule has 1 aromatic rings. The molecule has 0 saturated heterocycles. The summed E-state index contributed by atoms with van der Waals surface area (Å²) >= 11 is 0. The molecule has 0 aromatic heterocycles. The first-order chi connectivity index (χ1) is 8.40. The monoisotopic (exact) mass is 256 g/mol. The van der Waals surface area contributed by atoms with Gasteiger partial charge < -0.3 is 14.6 Å². The average molecular weight is 256 g/mol. The topological polar surface area (TPSA) is 72.8 Å². The highest BCUT2D eigenvalue weighted by Crippen LogP contribution is 2.19. The van der Waals surface area contributed by atoms with Crippen molar-refractivity contribution in [3.63, 3.8) is 0 Å². The number of aldehydes is 1. The van der Waals surface area contributed by atoms with E-state index < -0.39 is 24.0 Å². The minimum atomic E-state index is -1.87. The van der Waals surface area contributed by atoms with Crippen LogP contribution in [0.1, 0.15) is 17.3 Å². The Morgan fingerprint density at radius 1 is 1.56 bits per heavy atom. The van der Waals surface area contributed by atoms with Crippen LogP contribution in [0.25, 0.3) is 0 Å². The van der Waals surface area contributed by atoms with Gasteiger partial charge in [-0.1, -0.05) is 0 Å². The molecule has 0 bridgehead atoms. The average Bonchev–Trinajstić information content (AvgIpc) is 2.36. The van der Waals surface area contributed by atoms with Gasteiger partial charge in [0.15, 0.2) is 17.2 Å². The van der Waals surface area contributed by atoms with E-state index >= 15 is 0 Å². The number of hydrogen-bond acceptors (Lipinski definition) is 5. The van der Waals surface area contributed by atoms with E-state index in [1.54, 1.807) is 0 Å². The van der Waals surface area contributed by atoms with Crippen LogP contribution in [-0.4, -0.2) is 36.7 Å². The maximum absolute atomic E-state index is 13.4. The summed E-state index contributed by atoms with van der Waals surface area (Å²) in [5, 5.41) is 9.66. The van der Waals surface area contributed by atoms with Gasteiger partial charge in [-0.2, -0.15) is 0 Å². The third-order valence-corrected chi connectivity index (χ3v) is 2.23. The fraction of sp³-hybridized carbons (Fsp3) is 0.333. The molecule has 1 rings (SSSR count). The smallest absolute Gasteiger partial charge is 0.341 e. The highest BCUT2D eigenvalue weighted by atomic mass is 19.1. The minimum Gasteiger partial charge on any atom is -0.487 e. The SMILES string of the molecule is COC(=O)C(C)(O)COc1ccc(C=O)cc1F. The lowest BCUT2D eigenvalue weighted by Gasteiger charge is -2.20. The Balaban J connectivity index is 2.75. The van der Waals surface area contributed by atoms with Crippen molar-refractivity contribution in [2.45, 2.75) is 12.5 Å². The quantitative estimate of drug-likeness (QED) is 0.627. The van der Waals surface area contributed by atoms with Crippen molar-refractivity contribution in [2.75, 3.05) is 13.7 Å². The highest BCUT2D eigenvalue weighted by molar-refractivity contribution is 5.78. The molecule has 98 valence electrons. The predicted molar refractivity (Wildman–Crippen MR) is 59.9 cm³/mol. The molecule has 1 aromatic carbocycles. The van der Waals surface area contributed by atoms with Crippen LogP contribution in [0.5, 0.6) is 5.75 Å². The van der Waals surface area contributed by atoms with Gasteiger partial charge in [0, 0.05) is 5.56 Å². The van der Waals surface area contributed by atoms with E-state index in [4.69, 9.17) is 4.74 Å². The van der Waals surface area contributed by atoms with Gasteiger partial charge in [-0.25, -0.2) is 9.18 Å². The molecule has 0 heterocycles. The van der Waals surface area contributed by atoms with Crippen molar-refractivity contribution in [2.24, 2.45) is 0 Å². The highest BCUT2D eigenvalue weighted by Gasteiger charge is 2.32. The molecule has 0 saturated carbocycles. The van der Waals surface area contributed by atoms with Crippen molar-refractivity contribution in [3.05, 3.63) is 29.6 Å². The molecule has 0 fully saturated rings. The van der Waals surface area contributed by atoms with Gasteiger partial charge in [-0.15, -0.1) is 0 Å². The van der Waals surface area contributed by atoms with Crippen LogP contribution in [0.3, 0.4) is 0 Å². The normalized spacial score (nSPS) is 13.6. The molecular formula is C12H13FO5. The zero-order valence-electron chi connectivity index (χ0n) is 9.97. The number of ether oxygens (including phenoxy) is 2. The second-order valence-corrected chi connectivity index (χ2v) is 3.86. The number of methoxy groups -OCH3 is 1. The number of halogens is 1. The van der Waals surface area contributed by atoms with Gasteiger partial charge in [0.1, 0.15) is 12.9 Å². The number of carbonyl (C=O) groups excluding carboxylic acids is 2. The lowest BCUT2D eigenvalue weighted by atomic mass is 10.1. The van der Waals surface area contributed by atoms with E-state index in [-0.39, 0.29) is 11.3 Å². The Morgan fingerprint density at radius 3 is 2.72 bits per heavy atom. The first kappa shape index (κ1) is 14.1. The van der Waals surface area contributed by atoms with Crippen LogP contribution >= 0.6 is 0 Å². The standard InChI is InChI=1S/C12H13FO5/c1-12(16,11(15)17-2)7-18-10-4-3-8(6-14)5-9(10)13/h3-6,16H,7H2,1-2H3.